The molecule has 0 aromatic heterocycles. The molecule has 0 radical (unpaired) electrons. The van der Waals surface area contributed by atoms with E-state index in [-0.39, 0.29) is 6.42 Å². The predicted octanol–water partition coefficient (Wildman–Crippen LogP) is 0.492. The van der Waals surface area contributed by atoms with Crippen LogP contribution in [0.2, 0.25) is 0 Å². The second kappa shape index (κ2) is 3.61. The SMILES string of the molecule is CCC(C(=O)OF)S(=O)(=O)F. The van der Waals surface area contributed by atoms with E-state index in [0.29, 0.717) is 0 Å². The van der Waals surface area contributed by atoms with Crippen LogP contribution in [0.25, 0.3) is 0 Å². The Labute approximate surface area is 62.3 Å². The molecule has 0 spiro atoms. The van der Waals surface area contributed by atoms with Crippen molar-refractivity contribution >= 4 is 16.2 Å². The number of hydrogen-bond donors (Lipinski definition) is 0. The maximum atomic E-state index is 12.0. The molecule has 0 fully saturated rings. The number of carbonyl (C=O) groups is 1. The zero-order chi connectivity index (χ0) is 9.07. The normalized spacial score (nSPS) is 14.1. The lowest BCUT2D eigenvalue weighted by Crippen LogP contribution is -2.26. The second-order valence-corrected chi connectivity index (χ2v) is 3.29. The Morgan fingerprint density at radius 2 is 2.09 bits per heavy atom. The minimum atomic E-state index is -5.04. The Hall–Kier alpha value is -0.720. The molecular weight excluding hydrogens is 182 g/mol. The first-order chi connectivity index (χ1) is 4.93. The highest BCUT2D eigenvalue weighted by atomic mass is 32.3. The molecule has 0 aromatic carbocycles. The van der Waals surface area contributed by atoms with Crippen LogP contribution >= 0.6 is 0 Å². The topological polar surface area (TPSA) is 60.4 Å². The van der Waals surface area contributed by atoms with Crippen molar-refractivity contribution in [3.8, 4) is 0 Å². The summed E-state index contributed by atoms with van der Waals surface area (Å²) in [4.78, 5) is 12.7. The molecule has 0 amide bonds. The molecule has 1 atom stereocenters. The van der Waals surface area contributed by atoms with Gasteiger partial charge in [-0.25, -0.2) is 4.79 Å². The molecule has 66 valence electrons. The first-order valence-electron chi connectivity index (χ1n) is 2.69. The Balaban J connectivity index is 4.56. The van der Waals surface area contributed by atoms with Crippen LogP contribution in [-0.2, 0) is 20.0 Å². The van der Waals surface area contributed by atoms with Crippen molar-refractivity contribution in [2.45, 2.75) is 18.6 Å². The zero-order valence-corrected chi connectivity index (χ0v) is 6.40. The molecule has 0 saturated carbocycles. The quantitative estimate of drug-likeness (QED) is 0.605. The summed E-state index contributed by atoms with van der Waals surface area (Å²) < 4.78 is 43.1. The first-order valence-corrected chi connectivity index (χ1v) is 4.14. The fourth-order valence-corrected chi connectivity index (χ4v) is 1.19. The van der Waals surface area contributed by atoms with Crippen LogP contribution in [0.5, 0.6) is 0 Å². The van der Waals surface area contributed by atoms with Crippen LogP contribution < -0.4 is 0 Å². The summed E-state index contributed by atoms with van der Waals surface area (Å²) >= 11 is 0. The Bertz CT molecular complexity index is 234. The third-order valence-electron chi connectivity index (χ3n) is 1.05. The van der Waals surface area contributed by atoms with E-state index in [1.54, 1.807) is 0 Å². The van der Waals surface area contributed by atoms with Gasteiger partial charge in [0.15, 0.2) is 5.25 Å². The molecule has 0 aliphatic carbocycles. The van der Waals surface area contributed by atoms with Crippen molar-refractivity contribution in [2.24, 2.45) is 0 Å². The van der Waals surface area contributed by atoms with Gasteiger partial charge in [-0.2, -0.15) is 8.42 Å². The molecular formula is C4H6F2O4S. The van der Waals surface area contributed by atoms with Gasteiger partial charge in [-0.1, -0.05) is 6.92 Å². The van der Waals surface area contributed by atoms with E-state index in [1.165, 1.54) is 6.92 Å². The van der Waals surface area contributed by atoms with Gasteiger partial charge in [0.2, 0.25) is 0 Å². The summed E-state index contributed by atoms with van der Waals surface area (Å²) in [5.74, 6) is -1.73. The summed E-state index contributed by atoms with van der Waals surface area (Å²) in [5.41, 5.74) is 0. The molecule has 0 heterocycles. The summed E-state index contributed by atoms with van der Waals surface area (Å²) in [6, 6.07) is 0. The molecule has 0 aromatic rings. The number of carbonyl (C=O) groups excluding carboxylic acids is 1. The van der Waals surface area contributed by atoms with Crippen molar-refractivity contribution in [1.82, 2.24) is 0 Å². The molecule has 0 rings (SSSR count). The fraction of sp³-hybridized carbons (Fsp3) is 0.750. The van der Waals surface area contributed by atoms with Gasteiger partial charge in [0.25, 0.3) is 0 Å². The lowest BCUT2D eigenvalue weighted by molar-refractivity contribution is -0.183. The maximum absolute atomic E-state index is 12.0. The van der Waals surface area contributed by atoms with Crippen molar-refractivity contribution in [3.05, 3.63) is 0 Å². The van der Waals surface area contributed by atoms with E-state index < -0.39 is 21.4 Å². The Morgan fingerprint density at radius 3 is 2.18 bits per heavy atom. The van der Waals surface area contributed by atoms with Gasteiger partial charge < -0.3 is 0 Å². The minimum absolute atomic E-state index is 0.360. The highest BCUT2D eigenvalue weighted by molar-refractivity contribution is 7.87. The highest BCUT2D eigenvalue weighted by Gasteiger charge is 2.33. The standard InChI is InChI=1S/C4H6F2O4S/c1-2-3(4(7)10-5)11(6,8)9/h3H,2H2,1H3. The van der Waals surface area contributed by atoms with E-state index >= 15 is 0 Å². The van der Waals surface area contributed by atoms with Crippen molar-refractivity contribution in [2.75, 3.05) is 0 Å². The Kier molecular flexibility index (Phi) is 3.37. The molecule has 0 aliphatic heterocycles. The highest BCUT2D eigenvalue weighted by Crippen LogP contribution is 2.09. The third-order valence-corrected chi connectivity index (χ3v) is 2.26. The molecule has 11 heavy (non-hydrogen) atoms. The van der Waals surface area contributed by atoms with Gasteiger partial charge in [0, 0.05) is 4.53 Å². The summed E-state index contributed by atoms with van der Waals surface area (Å²) in [6.45, 7) is 1.22. The van der Waals surface area contributed by atoms with E-state index in [1.807, 2.05) is 0 Å². The largest absolute Gasteiger partial charge is 0.369 e. The average molecular weight is 188 g/mol. The first kappa shape index (κ1) is 10.3. The number of hydrogen-bond acceptors (Lipinski definition) is 4. The van der Waals surface area contributed by atoms with E-state index in [2.05, 4.69) is 4.94 Å². The zero-order valence-electron chi connectivity index (χ0n) is 5.58. The molecule has 0 saturated heterocycles. The van der Waals surface area contributed by atoms with Gasteiger partial charge in [-0.3, -0.25) is 4.94 Å². The predicted molar refractivity (Wildman–Crippen MR) is 31.3 cm³/mol. The average Bonchev–Trinajstić information content (AvgIpc) is 1.86. The second-order valence-electron chi connectivity index (χ2n) is 1.77. The summed E-state index contributed by atoms with van der Waals surface area (Å²) in [5, 5.41) is -2.05. The van der Waals surface area contributed by atoms with Crippen LogP contribution in [-0.4, -0.2) is 19.6 Å². The van der Waals surface area contributed by atoms with Crippen LogP contribution in [0.1, 0.15) is 13.3 Å². The molecule has 0 aliphatic rings. The van der Waals surface area contributed by atoms with Crippen molar-refractivity contribution < 1.29 is 26.6 Å². The van der Waals surface area contributed by atoms with E-state index in [9.17, 15) is 21.6 Å². The van der Waals surface area contributed by atoms with Crippen LogP contribution in [0, 0.1) is 0 Å². The van der Waals surface area contributed by atoms with Crippen molar-refractivity contribution in [3.63, 3.8) is 0 Å². The van der Waals surface area contributed by atoms with E-state index in [0.717, 1.165) is 0 Å². The Morgan fingerprint density at radius 1 is 1.64 bits per heavy atom. The molecule has 4 nitrogen and oxygen atoms in total. The van der Waals surface area contributed by atoms with Gasteiger partial charge in [0.05, 0.1) is 0 Å². The van der Waals surface area contributed by atoms with Gasteiger partial charge in [-0.05, 0) is 6.42 Å². The molecule has 1 unspecified atom stereocenters. The van der Waals surface area contributed by atoms with Crippen molar-refractivity contribution in [1.29, 1.82) is 0 Å². The van der Waals surface area contributed by atoms with Gasteiger partial charge in [0.1, 0.15) is 0 Å². The monoisotopic (exact) mass is 188 g/mol. The number of halogens is 2. The smallest absolute Gasteiger partial charge is 0.253 e. The van der Waals surface area contributed by atoms with Crippen LogP contribution in [0.3, 0.4) is 0 Å². The number of rotatable bonds is 3. The summed E-state index contributed by atoms with van der Waals surface area (Å²) in [6.07, 6.45) is -0.360. The van der Waals surface area contributed by atoms with Crippen LogP contribution in [0.4, 0.5) is 8.41 Å². The lowest BCUT2D eigenvalue weighted by atomic mass is 10.3. The molecule has 0 N–H and O–H groups in total. The van der Waals surface area contributed by atoms with Crippen LogP contribution in [0.15, 0.2) is 0 Å². The minimum Gasteiger partial charge on any atom is -0.253 e. The van der Waals surface area contributed by atoms with E-state index in [4.69, 9.17) is 0 Å². The molecule has 0 bridgehead atoms. The van der Waals surface area contributed by atoms with Gasteiger partial charge >= 0.3 is 16.2 Å². The summed E-state index contributed by atoms with van der Waals surface area (Å²) in [7, 11) is -5.04. The molecule has 7 heteroatoms. The maximum Gasteiger partial charge on any atom is 0.369 e. The van der Waals surface area contributed by atoms with Gasteiger partial charge in [-0.15, -0.1) is 3.89 Å². The third kappa shape index (κ3) is 2.79. The lowest BCUT2D eigenvalue weighted by Gasteiger charge is -2.02. The fourth-order valence-electron chi connectivity index (χ4n) is 0.530.